The molecule has 0 saturated carbocycles. The van der Waals surface area contributed by atoms with Gasteiger partial charge in [0.25, 0.3) is 0 Å². The van der Waals surface area contributed by atoms with Crippen LogP contribution in [0.4, 0.5) is 0 Å². The van der Waals surface area contributed by atoms with Gasteiger partial charge < -0.3 is 0 Å². The minimum atomic E-state index is -3.55. The van der Waals surface area contributed by atoms with Crippen molar-refractivity contribution in [1.82, 2.24) is 14.7 Å². The largest absolute Gasteiger partial charge is 0.262 e. The Kier molecular flexibility index (Phi) is 4.67. The molecule has 102 valence electrons. The van der Waals surface area contributed by atoms with E-state index < -0.39 is 10.0 Å². The van der Waals surface area contributed by atoms with Crippen molar-refractivity contribution in [2.75, 3.05) is 0 Å². The summed E-state index contributed by atoms with van der Waals surface area (Å²) in [6.07, 6.45) is 5.52. The molecule has 0 bridgehead atoms. The van der Waals surface area contributed by atoms with E-state index in [9.17, 15) is 8.42 Å². The van der Waals surface area contributed by atoms with Crippen molar-refractivity contribution in [3.63, 3.8) is 0 Å². The Morgan fingerprint density at radius 3 is 2.79 bits per heavy atom. The summed E-state index contributed by atoms with van der Waals surface area (Å²) in [4.78, 5) is 9.28. The van der Waals surface area contributed by atoms with E-state index in [1.807, 2.05) is 6.92 Å². The number of aryl methyl sites for hydroxylation is 1. The second kappa shape index (κ2) is 6.08. The van der Waals surface area contributed by atoms with Crippen LogP contribution in [0.2, 0.25) is 0 Å². The lowest BCUT2D eigenvalue weighted by molar-refractivity contribution is 0.580. The fourth-order valence-corrected chi connectivity index (χ4v) is 3.76. The predicted octanol–water partition coefficient (Wildman–Crippen LogP) is 2.34. The molecule has 1 N–H and O–H groups in total. The first kappa shape index (κ1) is 14.6. The van der Waals surface area contributed by atoms with Crippen LogP contribution in [0.5, 0.6) is 0 Å². The first-order valence-corrected chi connectivity index (χ1v) is 8.64. The zero-order valence-corrected chi connectivity index (χ0v) is 13.3. The number of nitrogens with one attached hydrogen (secondary N) is 1. The Morgan fingerprint density at radius 2 is 2.16 bits per heavy atom. The molecule has 2 aromatic heterocycles. The van der Waals surface area contributed by atoms with Gasteiger partial charge in [0.1, 0.15) is 9.90 Å². The van der Waals surface area contributed by atoms with Crippen LogP contribution >= 0.6 is 27.3 Å². The lowest BCUT2D eigenvalue weighted by atomic mass is 10.4. The molecule has 2 rings (SSSR count). The maximum absolute atomic E-state index is 12.0. The summed E-state index contributed by atoms with van der Waals surface area (Å²) in [6.45, 7) is 2.23. The van der Waals surface area contributed by atoms with Crippen molar-refractivity contribution < 1.29 is 8.42 Å². The van der Waals surface area contributed by atoms with Crippen LogP contribution in [0, 0.1) is 0 Å². The molecule has 0 aromatic carbocycles. The molecule has 2 heterocycles. The molecule has 19 heavy (non-hydrogen) atoms. The second-order valence-electron chi connectivity index (χ2n) is 3.74. The molecule has 0 aliphatic heterocycles. The molecule has 8 heteroatoms. The topological polar surface area (TPSA) is 72.0 Å². The van der Waals surface area contributed by atoms with Gasteiger partial charge >= 0.3 is 0 Å². The van der Waals surface area contributed by atoms with E-state index in [0.717, 1.165) is 16.3 Å². The average molecular weight is 362 g/mol. The van der Waals surface area contributed by atoms with E-state index in [0.29, 0.717) is 4.47 Å². The van der Waals surface area contributed by atoms with Gasteiger partial charge in [-0.3, -0.25) is 4.98 Å². The first-order chi connectivity index (χ1) is 9.01. The lowest BCUT2D eigenvalue weighted by Crippen LogP contribution is -2.23. The highest BCUT2D eigenvalue weighted by Gasteiger charge is 2.15. The standard InChI is InChI=1S/C11H12BrN3O2S2/c1-2-9-5-14-11(18-9)7-15-19(16,17)10-3-8(12)4-13-6-10/h3-6,15H,2,7H2,1H3. The van der Waals surface area contributed by atoms with Crippen LogP contribution in [0.1, 0.15) is 16.8 Å². The van der Waals surface area contributed by atoms with Crippen molar-refractivity contribution in [2.24, 2.45) is 0 Å². The van der Waals surface area contributed by atoms with Gasteiger partial charge in [-0.25, -0.2) is 18.1 Å². The highest BCUT2D eigenvalue weighted by Crippen LogP contribution is 2.16. The summed E-state index contributed by atoms with van der Waals surface area (Å²) in [5.41, 5.74) is 0. The maximum Gasteiger partial charge on any atom is 0.242 e. The summed E-state index contributed by atoms with van der Waals surface area (Å²) < 4.78 is 27.2. The van der Waals surface area contributed by atoms with Crippen LogP contribution in [0.3, 0.4) is 0 Å². The third-order valence-corrected chi connectivity index (χ3v) is 5.30. The Morgan fingerprint density at radius 1 is 1.37 bits per heavy atom. The van der Waals surface area contributed by atoms with E-state index >= 15 is 0 Å². The second-order valence-corrected chi connectivity index (χ2v) is 7.62. The number of hydrogen-bond donors (Lipinski definition) is 1. The summed E-state index contributed by atoms with van der Waals surface area (Å²) in [5.74, 6) is 0. The lowest BCUT2D eigenvalue weighted by Gasteiger charge is -2.04. The molecule has 0 unspecified atom stereocenters. The minimum absolute atomic E-state index is 0.133. The Bertz CT molecular complexity index is 670. The Hall–Kier alpha value is -0.830. The molecule has 0 spiro atoms. The molecular weight excluding hydrogens is 350 g/mol. The van der Waals surface area contributed by atoms with Gasteiger partial charge in [-0.05, 0) is 28.4 Å². The van der Waals surface area contributed by atoms with Crippen molar-refractivity contribution in [3.05, 3.63) is 39.0 Å². The number of nitrogens with zero attached hydrogens (tertiary/aromatic N) is 2. The molecule has 0 aliphatic rings. The van der Waals surface area contributed by atoms with Crippen molar-refractivity contribution in [3.8, 4) is 0 Å². The van der Waals surface area contributed by atoms with Crippen molar-refractivity contribution in [1.29, 1.82) is 0 Å². The molecule has 0 fully saturated rings. The fourth-order valence-electron chi connectivity index (χ4n) is 1.37. The van der Waals surface area contributed by atoms with Gasteiger partial charge in [0, 0.05) is 27.9 Å². The minimum Gasteiger partial charge on any atom is -0.262 e. The number of hydrogen-bond acceptors (Lipinski definition) is 5. The van der Waals surface area contributed by atoms with E-state index in [2.05, 4.69) is 30.6 Å². The van der Waals surface area contributed by atoms with E-state index in [1.165, 1.54) is 29.8 Å². The number of rotatable bonds is 5. The monoisotopic (exact) mass is 361 g/mol. The normalized spacial score (nSPS) is 11.7. The quantitative estimate of drug-likeness (QED) is 0.886. The molecule has 0 radical (unpaired) electrons. The van der Waals surface area contributed by atoms with Crippen LogP contribution < -0.4 is 4.72 Å². The van der Waals surface area contributed by atoms with Gasteiger partial charge in [-0.2, -0.15) is 0 Å². The zero-order chi connectivity index (χ0) is 13.9. The number of halogens is 1. The van der Waals surface area contributed by atoms with E-state index in [1.54, 1.807) is 6.20 Å². The molecule has 0 amide bonds. The maximum atomic E-state index is 12.0. The number of sulfonamides is 1. The third kappa shape index (κ3) is 3.82. The van der Waals surface area contributed by atoms with E-state index in [-0.39, 0.29) is 11.4 Å². The van der Waals surface area contributed by atoms with Crippen molar-refractivity contribution in [2.45, 2.75) is 24.8 Å². The van der Waals surface area contributed by atoms with Crippen LogP contribution in [-0.4, -0.2) is 18.4 Å². The molecule has 0 saturated heterocycles. The van der Waals surface area contributed by atoms with Crippen LogP contribution in [0.15, 0.2) is 34.0 Å². The summed E-state index contributed by atoms with van der Waals surface area (Å²) >= 11 is 4.71. The van der Waals surface area contributed by atoms with Crippen LogP contribution in [0.25, 0.3) is 0 Å². The molecule has 2 aromatic rings. The smallest absolute Gasteiger partial charge is 0.242 e. The van der Waals surface area contributed by atoms with Gasteiger partial charge in [0.2, 0.25) is 10.0 Å². The SMILES string of the molecule is CCc1cnc(CNS(=O)(=O)c2cncc(Br)c2)s1. The summed E-state index contributed by atoms with van der Waals surface area (Å²) in [5, 5.41) is 0.753. The third-order valence-electron chi connectivity index (χ3n) is 2.35. The first-order valence-electron chi connectivity index (χ1n) is 5.55. The Labute approximate surface area is 124 Å². The number of thiazole rings is 1. The molecular formula is C11H12BrN3O2S2. The zero-order valence-electron chi connectivity index (χ0n) is 10.1. The van der Waals surface area contributed by atoms with Crippen molar-refractivity contribution >= 4 is 37.3 Å². The summed E-state index contributed by atoms with van der Waals surface area (Å²) in [7, 11) is -3.55. The molecule has 0 aliphatic carbocycles. The number of pyridine rings is 1. The average Bonchev–Trinajstić information content (AvgIpc) is 2.84. The van der Waals surface area contributed by atoms with Gasteiger partial charge in [0.05, 0.1) is 6.54 Å². The fraction of sp³-hybridized carbons (Fsp3) is 0.273. The van der Waals surface area contributed by atoms with E-state index in [4.69, 9.17) is 0 Å². The van der Waals surface area contributed by atoms with Gasteiger partial charge in [0.15, 0.2) is 0 Å². The predicted molar refractivity (Wildman–Crippen MR) is 77.5 cm³/mol. The molecule has 5 nitrogen and oxygen atoms in total. The van der Waals surface area contributed by atoms with Gasteiger partial charge in [-0.1, -0.05) is 6.92 Å². The highest BCUT2D eigenvalue weighted by molar-refractivity contribution is 9.10. The summed E-state index contributed by atoms with van der Waals surface area (Å²) in [6, 6.07) is 1.51. The Balaban J connectivity index is 2.09. The van der Waals surface area contributed by atoms with Crippen LogP contribution in [-0.2, 0) is 23.0 Å². The van der Waals surface area contributed by atoms with Gasteiger partial charge in [-0.15, -0.1) is 11.3 Å². The molecule has 0 atom stereocenters. The number of aromatic nitrogens is 2. The highest BCUT2D eigenvalue weighted by atomic mass is 79.9.